The summed E-state index contributed by atoms with van der Waals surface area (Å²) in [4.78, 5) is 12.9. The summed E-state index contributed by atoms with van der Waals surface area (Å²) < 4.78 is 0. The van der Waals surface area contributed by atoms with Crippen LogP contribution in [0.5, 0.6) is 0 Å². The lowest BCUT2D eigenvalue weighted by molar-refractivity contribution is -0.128. The van der Waals surface area contributed by atoms with Gasteiger partial charge in [-0.1, -0.05) is 43.0 Å². The van der Waals surface area contributed by atoms with Gasteiger partial charge in [-0.2, -0.15) is 0 Å². The molecule has 0 radical (unpaired) electrons. The first-order chi connectivity index (χ1) is 11.1. The Kier molecular flexibility index (Phi) is 6.97. The molecule has 1 amide bonds. The quantitative estimate of drug-likeness (QED) is 0.826. The molecule has 134 valence electrons. The zero-order valence-electron chi connectivity index (χ0n) is 14.3. The second-order valence-corrected chi connectivity index (χ2v) is 7.65. The summed E-state index contributed by atoms with van der Waals surface area (Å²) in [6, 6.07) is 8.47. The van der Waals surface area contributed by atoms with Gasteiger partial charge in [0.15, 0.2) is 0 Å². The molecule has 1 saturated carbocycles. The molecule has 1 aromatic carbocycles. The van der Waals surface area contributed by atoms with Gasteiger partial charge >= 0.3 is 0 Å². The number of amides is 1. The molecule has 0 unspecified atom stereocenters. The Morgan fingerprint density at radius 2 is 1.88 bits per heavy atom. The van der Waals surface area contributed by atoms with E-state index in [2.05, 4.69) is 29.7 Å². The summed E-state index contributed by atoms with van der Waals surface area (Å²) in [6.45, 7) is 3.10. The van der Waals surface area contributed by atoms with Crippen LogP contribution in [0.1, 0.15) is 57.4 Å². The van der Waals surface area contributed by atoms with Crippen LogP contribution in [0.4, 0.5) is 0 Å². The minimum atomic E-state index is -0.200. The van der Waals surface area contributed by atoms with E-state index in [0.29, 0.717) is 6.04 Å². The minimum Gasteiger partial charge on any atom is -0.346 e. The molecule has 1 heterocycles. The van der Waals surface area contributed by atoms with Gasteiger partial charge < -0.3 is 10.6 Å². The highest BCUT2D eigenvalue weighted by Crippen LogP contribution is 2.38. The van der Waals surface area contributed by atoms with E-state index in [9.17, 15) is 4.79 Å². The second-order valence-electron chi connectivity index (χ2n) is 7.22. The van der Waals surface area contributed by atoms with Crippen LogP contribution in [0.15, 0.2) is 24.3 Å². The molecule has 2 aliphatic rings. The monoisotopic (exact) mass is 370 g/mol. The molecule has 2 atom stereocenters. The van der Waals surface area contributed by atoms with E-state index in [1.54, 1.807) is 0 Å². The van der Waals surface area contributed by atoms with Crippen LogP contribution in [0.2, 0.25) is 5.02 Å². The standard InChI is InChI=1S/C19H27ClN2O.ClH/c1-14-13-15(9-12-21-14)18(23)22-19(10-3-2-4-11-19)16-5-7-17(20)8-6-16;/h5-8,14-15,21H,2-4,9-13H2,1H3,(H,22,23);1H/t14-,15-;/m0./s1. The molecule has 0 aromatic heterocycles. The molecule has 24 heavy (non-hydrogen) atoms. The number of hydrogen-bond donors (Lipinski definition) is 2. The predicted octanol–water partition coefficient (Wildman–Crippen LogP) is 4.43. The number of piperidine rings is 1. The average Bonchev–Trinajstić information content (AvgIpc) is 2.56. The van der Waals surface area contributed by atoms with Gasteiger partial charge in [0.25, 0.3) is 0 Å². The van der Waals surface area contributed by atoms with Gasteiger partial charge in [0.05, 0.1) is 5.54 Å². The Hall–Kier alpha value is -0.770. The molecule has 2 N–H and O–H groups in total. The number of rotatable bonds is 3. The SMILES string of the molecule is C[C@H]1C[C@@H](C(=O)NC2(c3ccc(Cl)cc3)CCCCC2)CCN1.Cl. The van der Waals surface area contributed by atoms with Crippen molar-refractivity contribution in [2.75, 3.05) is 6.54 Å². The Bertz CT molecular complexity index is 541. The summed E-state index contributed by atoms with van der Waals surface area (Å²) in [5.74, 6) is 0.368. The van der Waals surface area contributed by atoms with Gasteiger partial charge in [0.2, 0.25) is 5.91 Å². The van der Waals surface area contributed by atoms with Crippen molar-refractivity contribution in [3.8, 4) is 0 Å². The zero-order valence-corrected chi connectivity index (χ0v) is 15.9. The molecule has 3 rings (SSSR count). The van der Waals surface area contributed by atoms with Gasteiger partial charge in [0, 0.05) is 17.0 Å². The van der Waals surface area contributed by atoms with Gasteiger partial charge in [-0.15, -0.1) is 12.4 Å². The highest BCUT2D eigenvalue weighted by molar-refractivity contribution is 6.30. The van der Waals surface area contributed by atoms with Crippen molar-refractivity contribution >= 4 is 29.9 Å². The summed E-state index contributed by atoms with van der Waals surface area (Å²) in [7, 11) is 0. The molecule has 5 heteroatoms. The average molecular weight is 371 g/mol. The highest BCUT2D eigenvalue weighted by Gasteiger charge is 2.37. The van der Waals surface area contributed by atoms with E-state index < -0.39 is 0 Å². The van der Waals surface area contributed by atoms with Crippen LogP contribution in [0.3, 0.4) is 0 Å². The topological polar surface area (TPSA) is 41.1 Å². The van der Waals surface area contributed by atoms with Crippen LogP contribution >= 0.6 is 24.0 Å². The maximum Gasteiger partial charge on any atom is 0.223 e. The molecule has 3 nitrogen and oxygen atoms in total. The van der Waals surface area contributed by atoms with Crippen LogP contribution in [0, 0.1) is 5.92 Å². The third-order valence-electron chi connectivity index (χ3n) is 5.46. The zero-order chi connectivity index (χ0) is 16.3. The van der Waals surface area contributed by atoms with E-state index in [0.717, 1.165) is 37.3 Å². The third-order valence-corrected chi connectivity index (χ3v) is 5.71. The van der Waals surface area contributed by atoms with E-state index in [1.165, 1.54) is 24.8 Å². The lowest BCUT2D eigenvalue weighted by Crippen LogP contribution is -2.51. The minimum absolute atomic E-state index is 0. The molecule has 0 spiro atoms. The molecular weight excluding hydrogens is 343 g/mol. The predicted molar refractivity (Wildman–Crippen MR) is 102 cm³/mol. The van der Waals surface area contributed by atoms with Gasteiger partial charge in [-0.25, -0.2) is 0 Å². The van der Waals surface area contributed by atoms with Crippen LogP contribution in [-0.2, 0) is 10.3 Å². The maximum absolute atomic E-state index is 12.9. The Labute approximate surface area is 156 Å². The van der Waals surface area contributed by atoms with Gasteiger partial charge in [-0.3, -0.25) is 4.79 Å². The summed E-state index contributed by atoms with van der Waals surface area (Å²) in [5, 5.41) is 7.62. The van der Waals surface area contributed by atoms with Crippen LogP contribution in [0.25, 0.3) is 0 Å². The fourth-order valence-corrected chi connectivity index (χ4v) is 4.24. The van der Waals surface area contributed by atoms with Crippen molar-refractivity contribution in [2.45, 2.75) is 63.5 Å². The molecular formula is C19H28Cl2N2O. The van der Waals surface area contributed by atoms with E-state index in [1.807, 2.05) is 12.1 Å². The molecule has 1 saturated heterocycles. The fraction of sp³-hybridized carbons (Fsp3) is 0.632. The Balaban J connectivity index is 0.00000208. The maximum atomic E-state index is 12.9. The normalized spacial score (nSPS) is 26.2. The second kappa shape index (κ2) is 8.55. The van der Waals surface area contributed by atoms with Crippen molar-refractivity contribution < 1.29 is 4.79 Å². The van der Waals surface area contributed by atoms with Crippen molar-refractivity contribution in [2.24, 2.45) is 5.92 Å². The van der Waals surface area contributed by atoms with Gasteiger partial charge in [-0.05, 0) is 56.8 Å². The summed E-state index contributed by atoms with van der Waals surface area (Å²) >= 11 is 6.05. The van der Waals surface area contributed by atoms with E-state index in [-0.39, 0.29) is 29.8 Å². The van der Waals surface area contributed by atoms with E-state index >= 15 is 0 Å². The lowest BCUT2D eigenvalue weighted by Gasteiger charge is -2.40. The molecule has 1 aliphatic carbocycles. The Morgan fingerprint density at radius 3 is 2.50 bits per heavy atom. The van der Waals surface area contributed by atoms with Crippen LogP contribution in [-0.4, -0.2) is 18.5 Å². The number of halogens is 2. The van der Waals surface area contributed by atoms with Crippen molar-refractivity contribution in [1.82, 2.24) is 10.6 Å². The number of benzene rings is 1. The molecule has 2 fully saturated rings. The Morgan fingerprint density at radius 1 is 1.21 bits per heavy atom. The first-order valence-corrected chi connectivity index (χ1v) is 9.28. The number of nitrogens with one attached hydrogen (secondary N) is 2. The number of carbonyl (C=O) groups excluding carboxylic acids is 1. The van der Waals surface area contributed by atoms with E-state index in [4.69, 9.17) is 11.6 Å². The first-order valence-electron chi connectivity index (χ1n) is 8.90. The fourth-order valence-electron chi connectivity index (χ4n) is 4.12. The summed E-state index contributed by atoms with van der Waals surface area (Å²) in [6.07, 6.45) is 7.53. The van der Waals surface area contributed by atoms with Crippen molar-refractivity contribution in [1.29, 1.82) is 0 Å². The van der Waals surface area contributed by atoms with Crippen molar-refractivity contribution in [3.05, 3.63) is 34.9 Å². The molecule has 1 aliphatic heterocycles. The molecule has 1 aromatic rings. The highest BCUT2D eigenvalue weighted by atomic mass is 35.5. The van der Waals surface area contributed by atoms with Crippen molar-refractivity contribution in [3.63, 3.8) is 0 Å². The smallest absolute Gasteiger partial charge is 0.223 e. The molecule has 0 bridgehead atoms. The first kappa shape index (κ1) is 19.6. The third kappa shape index (κ3) is 4.44. The van der Waals surface area contributed by atoms with Gasteiger partial charge in [0.1, 0.15) is 0 Å². The summed E-state index contributed by atoms with van der Waals surface area (Å²) in [5.41, 5.74) is 1.01. The lowest BCUT2D eigenvalue weighted by atomic mass is 9.76. The largest absolute Gasteiger partial charge is 0.346 e. The number of carbonyl (C=O) groups is 1. The van der Waals surface area contributed by atoms with Crippen LogP contribution < -0.4 is 10.6 Å². The number of hydrogen-bond acceptors (Lipinski definition) is 2.